The first kappa shape index (κ1) is 14.3. The molecule has 0 amide bonds. The molecule has 1 aromatic heterocycles. The van der Waals surface area contributed by atoms with Crippen molar-refractivity contribution in [3.63, 3.8) is 0 Å². The summed E-state index contributed by atoms with van der Waals surface area (Å²) < 4.78 is 27.1. The number of sulfonamides is 1. The highest BCUT2D eigenvalue weighted by Crippen LogP contribution is 2.26. The molecular weight excluding hydrogens is 304 g/mol. The Hall–Kier alpha value is -1.08. The summed E-state index contributed by atoms with van der Waals surface area (Å²) in [5.41, 5.74) is 5.96. The number of nitrogens with one attached hydrogen (secondary N) is 1. The fraction of sp³-hybridized carbons (Fsp3) is 0.167. The lowest BCUT2D eigenvalue weighted by Crippen LogP contribution is -2.26. The SMILES string of the molecule is CC(NS(=O)(=O)c1cc(N)ccc1Cl)c1cccs1. The van der Waals surface area contributed by atoms with E-state index in [0.29, 0.717) is 5.69 Å². The zero-order chi connectivity index (χ0) is 14.0. The number of anilines is 1. The van der Waals surface area contributed by atoms with Crippen LogP contribution in [0.2, 0.25) is 5.02 Å². The molecule has 0 bridgehead atoms. The smallest absolute Gasteiger partial charge is 0.242 e. The van der Waals surface area contributed by atoms with Crippen LogP contribution in [0.5, 0.6) is 0 Å². The van der Waals surface area contributed by atoms with Crippen LogP contribution in [0.3, 0.4) is 0 Å². The van der Waals surface area contributed by atoms with Crippen LogP contribution in [0.15, 0.2) is 40.6 Å². The highest BCUT2D eigenvalue weighted by molar-refractivity contribution is 7.89. The summed E-state index contributed by atoms with van der Waals surface area (Å²) in [6.45, 7) is 1.78. The number of nitrogens with two attached hydrogens (primary N) is 1. The van der Waals surface area contributed by atoms with Gasteiger partial charge in [0.2, 0.25) is 10.0 Å². The first-order chi connectivity index (χ1) is 8.90. The number of benzene rings is 1. The van der Waals surface area contributed by atoms with Crippen LogP contribution < -0.4 is 10.5 Å². The van der Waals surface area contributed by atoms with E-state index in [9.17, 15) is 8.42 Å². The molecule has 0 saturated carbocycles. The quantitative estimate of drug-likeness (QED) is 0.852. The number of hydrogen-bond acceptors (Lipinski definition) is 4. The molecule has 4 nitrogen and oxygen atoms in total. The van der Waals surface area contributed by atoms with E-state index in [1.807, 2.05) is 17.5 Å². The maximum atomic E-state index is 12.3. The Morgan fingerprint density at radius 1 is 1.37 bits per heavy atom. The molecule has 1 unspecified atom stereocenters. The highest BCUT2D eigenvalue weighted by atomic mass is 35.5. The van der Waals surface area contributed by atoms with Crippen molar-refractivity contribution in [1.82, 2.24) is 4.72 Å². The van der Waals surface area contributed by atoms with Gasteiger partial charge in [-0.3, -0.25) is 0 Å². The molecule has 7 heteroatoms. The lowest BCUT2D eigenvalue weighted by Gasteiger charge is -2.14. The van der Waals surface area contributed by atoms with Crippen molar-refractivity contribution in [2.45, 2.75) is 17.9 Å². The molecule has 2 aromatic rings. The normalized spacial score (nSPS) is 13.4. The van der Waals surface area contributed by atoms with E-state index in [-0.39, 0.29) is 16.0 Å². The Morgan fingerprint density at radius 3 is 2.74 bits per heavy atom. The lowest BCUT2D eigenvalue weighted by molar-refractivity contribution is 0.568. The third-order valence-corrected chi connectivity index (χ3v) is 5.62. The van der Waals surface area contributed by atoms with Crippen molar-refractivity contribution < 1.29 is 8.42 Å². The molecule has 19 heavy (non-hydrogen) atoms. The van der Waals surface area contributed by atoms with Crippen LogP contribution in [-0.2, 0) is 10.0 Å². The Labute approximate surface area is 121 Å². The highest BCUT2D eigenvalue weighted by Gasteiger charge is 2.21. The average molecular weight is 317 g/mol. The standard InChI is InChI=1S/C12H13ClN2O2S2/c1-8(11-3-2-6-18-11)15-19(16,17)12-7-9(14)4-5-10(12)13/h2-8,15H,14H2,1H3. The van der Waals surface area contributed by atoms with Gasteiger partial charge in [-0.25, -0.2) is 13.1 Å². The van der Waals surface area contributed by atoms with Gasteiger partial charge < -0.3 is 5.73 Å². The molecule has 0 aliphatic heterocycles. The molecule has 0 spiro atoms. The topological polar surface area (TPSA) is 72.2 Å². The zero-order valence-corrected chi connectivity index (χ0v) is 12.5. The molecule has 0 radical (unpaired) electrons. The first-order valence-corrected chi connectivity index (χ1v) is 8.25. The number of nitrogen functional groups attached to an aromatic ring is 1. The Morgan fingerprint density at radius 2 is 2.11 bits per heavy atom. The van der Waals surface area contributed by atoms with E-state index in [0.717, 1.165) is 4.88 Å². The molecule has 1 atom stereocenters. The molecule has 0 aliphatic rings. The van der Waals surface area contributed by atoms with Crippen molar-refractivity contribution in [2.75, 3.05) is 5.73 Å². The maximum Gasteiger partial charge on any atom is 0.242 e. The number of rotatable bonds is 4. The molecule has 1 heterocycles. The van der Waals surface area contributed by atoms with Gasteiger partial charge in [0.15, 0.2) is 0 Å². The molecule has 102 valence electrons. The summed E-state index contributed by atoms with van der Waals surface area (Å²) in [7, 11) is -3.69. The van der Waals surface area contributed by atoms with E-state index in [4.69, 9.17) is 17.3 Å². The van der Waals surface area contributed by atoms with Crippen LogP contribution in [0, 0.1) is 0 Å². The minimum Gasteiger partial charge on any atom is -0.399 e. The first-order valence-electron chi connectivity index (χ1n) is 5.51. The van der Waals surface area contributed by atoms with Gasteiger partial charge in [0.05, 0.1) is 11.1 Å². The van der Waals surface area contributed by atoms with Crippen molar-refractivity contribution in [1.29, 1.82) is 0 Å². The van der Waals surface area contributed by atoms with E-state index < -0.39 is 10.0 Å². The van der Waals surface area contributed by atoms with Crippen molar-refractivity contribution in [3.05, 3.63) is 45.6 Å². The van der Waals surface area contributed by atoms with Gasteiger partial charge >= 0.3 is 0 Å². The van der Waals surface area contributed by atoms with E-state index in [2.05, 4.69) is 4.72 Å². The molecule has 1 aromatic carbocycles. The van der Waals surface area contributed by atoms with Crippen molar-refractivity contribution in [3.8, 4) is 0 Å². The van der Waals surface area contributed by atoms with Gasteiger partial charge in [-0.2, -0.15) is 0 Å². The Balaban J connectivity index is 2.30. The number of thiophene rings is 1. The molecule has 3 N–H and O–H groups in total. The summed E-state index contributed by atoms with van der Waals surface area (Å²) in [6.07, 6.45) is 0. The van der Waals surface area contributed by atoms with Crippen LogP contribution in [0.4, 0.5) is 5.69 Å². The van der Waals surface area contributed by atoms with Gasteiger partial charge in [-0.15, -0.1) is 11.3 Å². The summed E-state index contributed by atoms with van der Waals surface area (Å²) in [4.78, 5) is 0.932. The second kappa shape index (κ2) is 5.50. The monoisotopic (exact) mass is 316 g/mol. The fourth-order valence-electron chi connectivity index (χ4n) is 1.62. The molecule has 2 rings (SSSR count). The van der Waals surface area contributed by atoms with Gasteiger partial charge in [0, 0.05) is 10.6 Å². The van der Waals surface area contributed by atoms with E-state index in [1.54, 1.807) is 13.0 Å². The number of halogens is 1. The van der Waals surface area contributed by atoms with E-state index in [1.165, 1.54) is 23.5 Å². The molecule has 0 saturated heterocycles. The van der Waals surface area contributed by atoms with Gasteiger partial charge in [0.25, 0.3) is 0 Å². The minimum absolute atomic E-state index is 0.00225. The van der Waals surface area contributed by atoms with E-state index >= 15 is 0 Å². The van der Waals surface area contributed by atoms with Gasteiger partial charge in [0.1, 0.15) is 4.90 Å². The summed E-state index contributed by atoms with van der Waals surface area (Å²) in [6, 6.07) is 7.82. The average Bonchev–Trinajstić information content (AvgIpc) is 2.85. The molecule has 0 fully saturated rings. The second-order valence-corrected chi connectivity index (χ2v) is 7.12. The van der Waals surface area contributed by atoms with Crippen molar-refractivity contribution >= 4 is 38.6 Å². The summed E-state index contributed by atoms with van der Waals surface area (Å²) >= 11 is 7.41. The van der Waals surface area contributed by atoms with Crippen LogP contribution >= 0.6 is 22.9 Å². The summed E-state index contributed by atoms with van der Waals surface area (Å²) in [5, 5.41) is 2.05. The third kappa shape index (κ3) is 3.27. The second-order valence-electron chi connectivity index (χ2n) is 4.05. The Kier molecular flexibility index (Phi) is 4.15. The predicted octanol–water partition coefficient (Wildman–Crippen LogP) is 3.02. The maximum absolute atomic E-state index is 12.3. The Bertz CT molecular complexity index is 669. The van der Waals surface area contributed by atoms with Crippen molar-refractivity contribution in [2.24, 2.45) is 0 Å². The largest absolute Gasteiger partial charge is 0.399 e. The van der Waals surface area contributed by atoms with Crippen LogP contribution in [0.1, 0.15) is 17.8 Å². The van der Waals surface area contributed by atoms with Crippen LogP contribution in [-0.4, -0.2) is 8.42 Å². The molecular formula is C12H13ClN2O2S2. The minimum atomic E-state index is -3.69. The number of hydrogen-bond donors (Lipinski definition) is 2. The third-order valence-electron chi connectivity index (χ3n) is 2.55. The molecule has 0 aliphatic carbocycles. The summed E-state index contributed by atoms with van der Waals surface area (Å²) in [5.74, 6) is 0. The van der Waals surface area contributed by atoms with Gasteiger partial charge in [-0.1, -0.05) is 17.7 Å². The fourth-order valence-corrected chi connectivity index (χ4v) is 4.18. The zero-order valence-electron chi connectivity index (χ0n) is 10.1. The van der Waals surface area contributed by atoms with Crippen LogP contribution in [0.25, 0.3) is 0 Å². The predicted molar refractivity (Wildman–Crippen MR) is 78.9 cm³/mol. The van der Waals surface area contributed by atoms with Gasteiger partial charge in [-0.05, 0) is 36.6 Å². The lowest BCUT2D eigenvalue weighted by atomic mass is 10.3.